The lowest BCUT2D eigenvalue weighted by Gasteiger charge is -2.34. The molecule has 2 fully saturated rings. The Labute approximate surface area is 178 Å². The second-order valence-corrected chi connectivity index (χ2v) is 8.43. The number of amides is 1. The van der Waals surface area contributed by atoms with Crippen LogP contribution in [-0.4, -0.2) is 59.7 Å². The summed E-state index contributed by atoms with van der Waals surface area (Å²) in [5.74, 6) is 0.945. The summed E-state index contributed by atoms with van der Waals surface area (Å²) in [6.07, 6.45) is 7.45. The molecular formula is C23H33N3O4. The largest absolute Gasteiger partial charge is 0.491 e. The van der Waals surface area contributed by atoms with Crippen molar-refractivity contribution in [1.82, 2.24) is 14.7 Å². The zero-order valence-electron chi connectivity index (χ0n) is 18.3. The van der Waals surface area contributed by atoms with Crippen molar-refractivity contribution in [1.29, 1.82) is 0 Å². The van der Waals surface area contributed by atoms with E-state index in [2.05, 4.69) is 29.1 Å². The maximum Gasteiger partial charge on any atom is 0.252 e. The van der Waals surface area contributed by atoms with Gasteiger partial charge in [0, 0.05) is 45.2 Å². The molecule has 1 aromatic heterocycles. The molecule has 1 amide bonds. The van der Waals surface area contributed by atoms with Gasteiger partial charge in [-0.3, -0.25) is 9.48 Å². The van der Waals surface area contributed by atoms with Gasteiger partial charge in [0.1, 0.15) is 17.4 Å². The average Bonchev–Trinajstić information content (AvgIpc) is 3.53. The van der Waals surface area contributed by atoms with Crippen molar-refractivity contribution >= 4 is 16.8 Å². The van der Waals surface area contributed by atoms with Crippen molar-refractivity contribution in [2.75, 3.05) is 26.9 Å². The number of methoxy groups -OCH3 is 1. The van der Waals surface area contributed by atoms with E-state index >= 15 is 0 Å². The second-order valence-electron chi connectivity index (χ2n) is 8.43. The molecule has 7 nitrogen and oxygen atoms in total. The number of aryl methyl sites for hydroxylation is 1. The molecule has 0 unspecified atom stereocenters. The molecule has 1 aromatic carbocycles. The van der Waals surface area contributed by atoms with Gasteiger partial charge < -0.3 is 19.1 Å². The Hall–Kier alpha value is -2.12. The highest BCUT2D eigenvalue weighted by atomic mass is 16.5. The number of aromatic nitrogens is 2. The molecule has 1 aliphatic carbocycles. The minimum atomic E-state index is -0.298. The summed E-state index contributed by atoms with van der Waals surface area (Å²) in [6.45, 7) is 4.04. The predicted octanol–water partition coefficient (Wildman–Crippen LogP) is 3.61. The van der Waals surface area contributed by atoms with Gasteiger partial charge in [-0.2, -0.15) is 5.10 Å². The van der Waals surface area contributed by atoms with Crippen LogP contribution in [0.1, 0.15) is 57.1 Å². The first kappa shape index (κ1) is 21.1. The summed E-state index contributed by atoms with van der Waals surface area (Å²) in [5.41, 5.74) is 2.05. The fourth-order valence-corrected chi connectivity index (χ4v) is 4.34. The fraction of sp³-hybridized carbons (Fsp3) is 0.652. The Balaban J connectivity index is 1.60. The standard InChI is InChI=1S/C23H33N3O4/c1-16(26(19-8-9-19)23(27)20-7-4-5-11-29-20)17-13-18-15-24-25(2)22(18)21(14-17)30-12-6-10-28-3/h13-16,19-20H,4-12H2,1-3H3/t16-,20-/m1/s1. The van der Waals surface area contributed by atoms with Crippen LogP contribution in [0.3, 0.4) is 0 Å². The molecule has 2 aliphatic rings. The zero-order chi connectivity index (χ0) is 21.1. The number of benzene rings is 1. The molecule has 2 aromatic rings. The minimum absolute atomic E-state index is 0.0403. The number of carbonyl (C=O) groups excluding carboxylic acids is 1. The predicted molar refractivity (Wildman–Crippen MR) is 115 cm³/mol. The SMILES string of the molecule is COCCCOc1cc([C@@H](C)N(C(=O)[C@H]2CCCCO2)C2CC2)cc2cnn(C)c12. The molecule has 0 N–H and O–H groups in total. The summed E-state index contributed by atoms with van der Waals surface area (Å²) in [7, 11) is 3.62. The highest BCUT2D eigenvalue weighted by Gasteiger charge is 2.40. The number of fused-ring (bicyclic) bond motifs is 1. The second kappa shape index (κ2) is 9.35. The average molecular weight is 416 g/mol. The number of ether oxygens (including phenoxy) is 3. The molecule has 2 heterocycles. The molecule has 164 valence electrons. The first-order chi connectivity index (χ1) is 14.6. The van der Waals surface area contributed by atoms with Gasteiger partial charge in [-0.25, -0.2) is 0 Å². The van der Waals surface area contributed by atoms with E-state index in [1.54, 1.807) is 7.11 Å². The Bertz CT molecular complexity index is 871. The van der Waals surface area contributed by atoms with Crippen molar-refractivity contribution in [3.05, 3.63) is 23.9 Å². The van der Waals surface area contributed by atoms with Gasteiger partial charge in [0.25, 0.3) is 5.91 Å². The molecule has 1 saturated carbocycles. The van der Waals surface area contributed by atoms with E-state index in [4.69, 9.17) is 14.2 Å². The third-order valence-electron chi connectivity index (χ3n) is 6.12. The fourth-order valence-electron chi connectivity index (χ4n) is 4.34. The molecule has 1 aliphatic heterocycles. The van der Waals surface area contributed by atoms with Crippen LogP contribution >= 0.6 is 0 Å². The number of nitrogens with zero attached hydrogens (tertiary/aromatic N) is 3. The summed E-state index contributed by atoms with van der Waals surface area (Å²) < 4.78 is 18.9. The highest BCUT2D eigenvalue weighted by Crippen LogP contribution is 2.38. The third kappa shape index (κ3) is 4.47. The maximum atomic E-state index is 13.3. The monoisotopic (exact) mass is 415 g/mol. The third-order valence-corrected chi connectivity index (χ3v) is 6.12. The van der Waals surface area contributed by atoms with E-state index in [1.807, 2.05) is 17.9 Å². The van der Waals surface area contributed by atoms with Crippen LogP contribution in [0.4, 0.5) is 0 Å². The van der Waals surface area contributed by atoms with E-state index in [-0.39, 0.29) is 18.1 Å². The van der Waals surface area contributed by atoms with Crippen LogP contribution in [0.25, 0.3) is 10.9 Å². The molecule has 4 rings (SSSR count). The molecule has 1 saturated heterocycles. The zero-order valence-corrected chi connectivity index (χ0v) is 18.3. The van der Waals surface area contributed by atoms with Crippen LogP contribution in [0.2, 0.25) is 0 Å². The lowest BCUT2D eigenvalue weighted by molar-refractivity contribution is -0.149. The van der Waals surface area contributed by atoms with Crippen LogP contribution < -0.4 is 4.74 Å². The lowest BCUT2D eigenvalue weighted by atomic mass is 10.0. The van der Waals surface area contributed by atoms with Gasteiger partial charge in [-0.05, 0) is 56.7 Å². The Morgan fingerprint density at radius 2 is 2.13 bits per heavy atom. The minimum Gasteiger partial charge on any atom is -0.491 e. The van der Waals surface area contributed by atoms with Gasteiger partial charge in [-0.1, -0.05) is 0 Å². The molecule has 0 bridgehead atoms. The lowest BCUT2D eigenvalue weighted by Crippen LogP contribution is -2.44. The van der Waals surface area contributed by atoms with Crippen molar-refractivity contribution < 1.29 is 19.0 Å². The quantitative estimate of drug-likeness (QED) is 0.586. The summed E-state index contributed by atoms with van der Waals surface area (Å²) in [5, 5.41) is 5.44. The number of carbonyl (C=O) groups is 1. The summed E-state index contributed by atoms with van der Waals surface area (Å²) in [4.78, 5) is 15.4. The van der Waals surface area contributed by atoms with Crippen LogP contribution in [0, 0.1) is 0 Å². The van der Waals surface area contributed by atoms with Crippen LogP contribution in [0.5, 0.6) is 5.75 Å². The molecule has 0 spiro atoms. The number of rotatable bonds is 9. The molecule has 0 radical (unpaired) electrons. The molecule has 7 heteroatoms. The maximum absolute atomic E-state index is 13.3. The van der Waals surface area contributed by atoms with E-state index in [0.29, 0.717) is 25.9 Å². The van der Waals surface area contributed by atoms with Gasteiger partial charge in [0.05, 0.1) is 18.8 Å². The summed E-state index contributed by atoms with van der Waals surface area (Å²) in [6, 6.07) is 4.49. The van der Waals surface area contributed by atoms with Crippen LogP contribution in [0.15, 0.2) is 18.3 Å². The van der Waals surface area contributed by atoms with Gasteiger partial charge in [0.2, 0.25) is 0 Å². The van der Waals surface area contributed by atoms with Crippen molar-refractivity contribution in [3.63, 3.8) is 0 Å². The topological polar surface area (TPSA) is 65.8 Å². The number of hydrogen-bond donors (Lipinski definition) is 0. The Morgan fingerprint density at radius 3 is 2.83 bits per heavy atom. The summed E-state index contributed by atoms with van der Waals surface area (Å²) >= 11 is 0. The van der Waals surface area contributed by atoms with E-state index in [9.17, 15) is 4.79 Å². The van der Waals surface area contributed by atoms with Crippen molar-refractivity contribution in [2.45, 2.75) is 63.6 Å². The number of hydrogen-bond acceptors (Lipinski definition) is 5. The molecular weight excluding hydrogens is 382 g/mol. The molecule has 2 atom stereocenters. The van der Waals surface area contributed by atoms with Crippen molar-refractivity contribution in [2.24, 2.45) is 7.05 Å². The van der Waals surface area contributed by atoms with Gasteiger partial charge in [0.15, 0.2) is 0 Å². The van der Waals surface area contributed by atoms with Crippen molar-refractivity contribution in [3.8, 4) is 5.75 Å². The first-order valence-corrected chi connectivity index (χ1v) is 11.1. The molecule has 30 heavy (non-hydrogen) atoms. The Kier molecular flexibility index (Phi) is 6.58. The van der Waals surface area contributed by atoms with E-state index in [0.717, 1.165) is 60.7 Å². The smallest absolute Gasteiger partial charge is 0.252 e. The van der Waals surface area contributed by atoms with E-state index < -0.39 is 0 Å². The van der Waals surface area contributed by atoms with E-state index in [1.165, 1.54) is 0 Å². The van der Waals surface area contributed by atoms with Gasteiger partial charge in [-0.15, -0.1) is 0 Å². The van der Waals surface area contributed by atoms with Crippen LogP contribution in [-0.2, 0) is 21.3 Å². The first-order valence-electron chi connectivity index (χ1n) is 11.1. The highest BCUT2D eigenvalue weighted by molar-refractivity contribution is 5.86. The normalized spacial score (nSPS) is 20.3. The Morgan fingerprint density at radius 1 is 1.30 bits per heavy atom. The van der Waals surface area contributed by atoms with Gasteiger partial charge >= 0.3 is 0 Å².